The van der Waals surface area contributed by atoms with Crippen LogP contribution in [0, 0.1) is 0 Å². The second-order valence-electron chi connectivity index (χ2n) is 7.23. The van der Waals surface area contributed by atoms with Gasteiger partial charge in [0.05, 0.1) is 0 Å². The molecule has 192 valence electrons. The first-order chi connectivity index (χ1) is 17.8. The van der Waals surface area contributed by atoms with Gasteiger partial charge in [-0.3, -0.25) is 14.4 Å². The molecule has 0 aliphatic rings. The molecular formula is C24H17Br2KN8O4. The van der Waals surface area contributed by atoms with Crippen LogP contribution in [0.5, 0.6) is 0 Å². The molecular weight excluding hydrogens is 663 g/mol. The van der Waals surface area contributed by atoms with Gasteiger partial charge in [0.15, 0.2) is 22.7 Å². The third-order valence-corrected chi connectivity index (χ3v) is 5.79. The Balaban J connectivity index is 0.000000260. The number of primary amides is 1. The van der Waals surface area contributed by atoms with Gasteiger partial charge >= 0.3 is 51.4 Å². The van der Waals surface area contributed by atoms with E-state index < -0.39 is 11.8 Å². The van der Waals surface area contributed by atoms with Crippen LogP contribution in [0.4, 0.5) is 5.82 Å². The van der Waals surface area contributed by atoms with Crippen LogP contribution in [-0.2, 0) is 0 Å². The van der Waals surface area contributed by atoms with Crippen molar-refractivity contribution in [2.45, 2.75) is 0 Å². The minimum atomic E-state index is -0.751. The minimum absolute atomic E-state index is 0. The summed E-state index contributed by atoms with van der Waals surface area (Å²) in [6, 6.07) is 14.3. The maximum absolute atomic E-state index is 12.0. The molecule has 12 nitrogen and oxygen atoms in total. The van der Waals surface area contributed by atoms with E-state index in [1.165, 1.54) is 24.8 Å². The van der Waals surface area contributed by atoms with Crippen LogP contribution < -0.4 is 68.0 Å². The average Bonchev–Trinajstić information content (AvgIpc) is 2.90. The molecule has 3 aromatic heterocycles. The molecule has 39 heavy (non-hydrogen) atoms. The van der Waals surface area contributed by atoms with E-state index in [4.69, 9.17) is 5.73 Å². The molecule has 0 bridgehead atoms. The number of benzene rings is 2. The molecule has 2 amide bonds. The molecule has 0 atom stereocenters. The topological polar surface area (TPSA) is 199 Å². The van der Waals surface area contributed by atoms with Crippen LogP contribution in [0.2, 0.25) is 0 Å². The van der Waals surface area contributed by atoms with Crippen molar-refractivity contribution in [3.05, 3.63) is 104 Å². The fraction of sp³-hybridized carbons (Fsp3) is 0. The third kappa shape index (κ3) is 8.61. The van der Waals surface area contributed by atoms with Crippen LogP contribution in [-0.4, -0.2) is 47.2 Å². The van der Waals surface area contributed by atoms with Gasteiger partial charge in [-0.05, 0) is 36.4 Å². The van der Waals surface area contributed by atoms with Crippen LogP contribution in [0.1, 0.15) is 20.8 Å². The van der Waals surface area contributed by atoms with Crippen LogP contribution in [0.25, 0.3) is 22.6 Å². The fourth-order valence-electron chi connectivity index (χ4n) is 3.01. The fourth-order valence-corrected chi connectivity index (χ4v) is 3.54. The van der Waals surface area contributed by atoms with Gasteiger partial charge in [-0.25, -0.2) is 24.9 Å². The van der Waals surface area contributed by atoms with Crippen molar-refractivity contribution in [1.82, 2.24) is 29.9 Å². The predicted octanol–water partition coefficient (Wildman–Crippen LogP) is 0.560. The Morgan fingerprint density at radius 2 is 1.38 bits per heavy atom. The van der Waals surface area contributed by atoms with E-state index in [9.17, 15) is 14.4 Å². The number of aromatic nitrogens is 6. The van der Waals surface area contributed by atoms with Crippen molar-refractivity contribution >= 4 is 60.7 Å². The number of rotatable bonds is 4. The summed E-state index contributed by atoms with van der Waals surface area (Å²) in [5, 5.41) is 2.50. The molecule has 0 fully saturated rings. The Hall–Kier alpha value is -2.76. The van der Waals surface area contributed by atoms with Crippen LogP contribution in [0.15, 0.2) is 87.1 Å². The third-order valence-electron chi connectivity index (χ3n) is 4.73. The van der Waals surface area contributed by atoms with E-state index in [-0.39, 0.29) is 79.4 Å². The van der Waals surface area contributed by atoms with Gasteiger partial charge in [0.1, 0.15) is 5.82 Å². The number of nitrogens with two attached hydrogens (primary N) is 1. The summed E-state index contributed by atoms with van der Waals surface area (Å²) in [6.45, 7) is 0. The largest absolute Gasteiger partial charge is 1.00 e. The summed E-state index contributed by atoms with van der Waals surface area (Å²) in [5.41, 5.74) is 6.64. The number of aromatic amines is 1. The molecule has 5 rings (SSSR count). The van der Waals surface area contributed by atoms with Gasteiger partial charge in [0.25, 0.3) is 17.4 Å². The summed E-state index contributed by atoms with van der Waals surface area (Å²) >= 11 is 6.63. The number of H-pyrrole nitrogens is 1. The summed E-state index contributed by atoms with van der Waals surface area (Å²) in [7, 11) is 0. The molecule has 0 radical (unpaired) electrons. The van der Waals surface area contributed by atoms with Crippen LogP contribution in [0.3, 0.4) is 0 Å². The van der Waals surface area contributed by atoms with Crippen LogP contribution >= 0.6 is 31.9 Å². The van der Waals surface area contributed by atoms with Gasteiger partial charge in [-0.1, -0.05) is 44.0 Å². The molecule has 0 saturated heterocycles. The first-order valence-corrected chi connectivity index (χ1v) is 12.0. The van der Waals surface area contributed by atoms with Gasteiger partial charge in [-0.2, -0.15) is 0 Å². The molecule has 0 spiro atoms. The summed E-state index contributed by atoms with van der Waals surface area (Å²) < 4.78 is 1.83. The molecule has 5 N–H and O–H groups in total. The number of nitrogens with one attached hydrogen (secondary N) is 2. The van der Waals surface area contributed by atoms with Crippen molar-refractivity contribution < 1.29 is 66.4 Å². The second kappa shape index (κ2) is 15.1. The number of anilines is 1. The molecule has 0 aliphatic carbocycles. The SMILES string of the molecule is NC(=O)c1nccnc1NC(=O)c1ccc(Br)cc1.O=c1[nH]c(-c2ccc(Br)cc2)nc2nccnc12.[K+].[OH-]. The molecule has 0 unspecified atom stereocenters. The van der Waals surface area contributed by atoms with E-state index in [0.29, 0.717) is 17.0 Å². The number of amides is 2. The summed E-state index contributed by atoms with van der Waals surface area (Å²) in [6.07, 6.45) is 5.68. The maximum atomic E-state index is 12.0. The number of nitrogens with zero attached hydrogens (tertiary/aromatic N) is 5. The zero-order valence-corrected chi connectivity index (χ0v) is 26.5. The number of halogens is 2. The average molecular weight is 680 g/mol. The van der Waals surface area contributed by atoms with Gasteiger partial charge < -0.3 is 21.5 Å². The first kappa shape index (κ1) is 32.4. The summed E-state index contributed by atoms with van der Waals surface area (Å²) in [5.74, 6) is -0.613. The maximum Gasteiger partial charge on any atom is 1.00 e. The molecule has 0 saturated carbocycles. The molecule has 5 aromatic rings. The van der Waals surface area contributed by atoms with Crippen molar-refractivity contribution in [1.29, 1.82) is 0 Å². The predicted molar refractivity (Wildman–Crippen MR) is 146 cm³/mol. The van der Waals surface area contributed by atoms with Crippen molar-refractivity contribution in [3.8, 4) is 11.4 Å². The van der Waals surface area contributed by atoms with E-state index in [1.54, 1.807) is 24.3 Å². The van der Waals surface area contributed by atoms with Crippen molar-refractivity contribution in [2.24, 2.45) is 5.73 Å². The quantitative estimate of drug-likeness (QED) is 0.227. The van der Waals surface area contributed by atoms with Crippen molar-refractivity contribution in [3.63, 3.8) is 0 Å². The van der Waals surface area contributed by atoms with Gasteiger partial charge in [0.2, 0.25) is 0 Å². The molecule has 0 aliphatic heterocycles. The smallest absolute Gasteiger partial charge is 0.870 e. The Bertz CT molecular complexity index is 1650. The molecule has 3 heterocycles. The number of fused-ring (bicyclic) bond motifs is 1. The minimum Gasteiger partial charge on any atom is -0.870 e. The van der Waals surface area contributed by atoms with E-state index in [2.05, 4.69) is 67.1 Å². The first-order valence-electron chi connectivity index (χ1n) is 10.5. The monoisotopic (exact) mass is 678 g/mol. The Labute approximate surface area is 280 Å². The Morgan fingerprint density at radius 3 is 2.03 bits per heavy atom. The zero-order valence-electron chi connectivity index (χ0n) is 20.2. The summed E-state index contributed by atoms with van der Waals surface area (Å²) in [4.78, 5) is 57.6. The molecule has 2 aromatic carbocycles. The zero-order chi connectivity index (χ0) is 26.4. The van der Waals surface area contributed by atoms with Crippen molar-refractivity contribution in [2.75, 3.05) is 5.32 Å². The Morgan fingerprint density at radius 1 is 0.821 bits per heavy atom. The Kier molecular flexibility index (Phi) is 12.6. The van der Waals surface area contributed by atoms with Gasteiger partial charge in [-0.15, -0.1) is 0 Å². The standard InChI is InChI=1S/C12H9BrN4O2.C12H7BrN4O.K.H2O/c13-8-3-1-7(2-4-8)12(19)17-11-9(10(14)18)15-5-6-16-11;13-8-3-1-7(2-4-8)10-16-11-9(12(18)17-10)14-5-6-15-11;;/h1-6H,(H2,14,18)(H,16,17,19);1-6H,(H,15,16,17,18);;1H2/q;;+1;/p-1. The molecule has 15 heteroatoms. The van der Waals surface area contributed by atoms with Gasteiger partial charge in [0, 0.05) is 44.9 Å². The van der Waals surface area contributed by atoms with E-state index >= 15 is 0 Å². The number of carbonyl (C=O) groups excluding carboxylic acids is 2. The number of carbonyl (C=O) groups is 2. The normalized spacial score (nSPS) is 9.79. The second-order valence-corrected chi connectivity index (χ2v) is 9.06. The van der Waals surface area contributed by atoms with E-state index in [0.717, 1.165) is 14.5 Å². The number of hydrogen-bond donors (Lipinski definition) is 3. The van der Waals surface area contributed by atoms with E-state index in [1.807, 2.05) is 24.3 Å². The number of hydrogen-bond acceptors (Lipinski definition) is 9.